The lowest BCUT2D eigenvalue weighted by Gasteiger charge is -2.34. The maximum absolute atomic E-state index is 6.74. The molecule has 2 nitrogen and oxygen atoms in total. The van der Waals surface area contributed by atoms with Crippen LogP contribution in [0.3, 0.4) is 0 Å². The normalized spacial score (nSPS) is 14.7. The molecule has 0 radical (unpaired) electrons. The molecule has 274 valence electrons. The summed E-state index contributed by atoms with van der Waals surface area (Å²) in [5.74, 6) is 0. The van der Waals surface area contributed by atoms with Gasteiger partial charge in [0, 0.05) is 34.8 Å². The number of allylic oxidation sites excluding steroid dienone is 5. The molecule has 1 aliphatic rings. The highest BCUT2D eigenvalue weighted by Crippen LogP contribution is 2.59. The lowest BCUT2D eigenvalue weighted by atomic mass is 9.67. The van der Waals surface area contributed by atoms with Gasteiger partial charge in [0.05, 0.1) is 5.41 Å². The molecule has 2 heteroatoms. The van der Waals surface area contributed by atoms with E-state index >= 15 is 0 Å². The number of fused-ring (bicyclic) bond motifs is 8. The Hall–Kier alpha value is -7.16. The summed E-state index contributed by atoms with van der Waals surface area (Å²) < 4.78 is 6.74. The van der Waals surface area contributed by atoms with E-state index in [0.29, 0.717) is 0 Å². The van der Waals surface area contributed by atoms with Crippen molar-refractivity contribution in [3.63, 3.8) is 0 Å². The summed E-state index contributed by atoms with van der Waals surface area (Å²) in [5, 5.41) is 4.89. The zero-order valence-electron chi connectivity index (χ0n) is 32.3. The first kappa shape index (κ1) is 35.5. The third kappa shape index (κ3) is 6.26. The minimum atomic E-state index is -0.501. The second kappa shape index (κ2) is 15.2. The molecule has 0 saturated carbocycles. The van der Waals surface area contributed by atoms with Crippen LogP contribution in [-0.2, 0) is 5.41 Å². The first-order valence-corrected chi connectivity index (χ1v) is 19.5. The molecule has 8 aromatic carbocycles. The largest absolute Gasteiger partial charge is 0.455 e. The summed E-state index contributed by atoms with van der Waals surface area (Å²) in [6.07, 6.45) is 8.13. The van der Waals surface area contributed by atoms with Crippen molar-refractivity contribution in [2.75, 3.05) is 11.9 Å². The molecule has 0 bridgehead atoms. The summed E-state index contributed by atoms with van der Waals surface area (Å²) in [7, 11) is 2.15. The highest BCUT2D eigenvalue weighted by atomic mass is 16.3. The second-order valence-electron chi connectivity index (χ2n) is 14.6. The number of rotatable bonds is 7. The van der Waals surface area contributed by atoms with Crippen LogP contribution in [0.4, 0.5) is 11.4 Å². The number of anilines is 2. The molecule has 10 rings (SSSR count). The van der Waals surface area contributed by atoms with Crippen molar-refractivity contribution in [1.29, 1.82) is 0 Å². The molecule has 0 saturated heterocycles. The second-order valence-corrected chi connectivity index (χ2v) is 14.6. The van der Waals surface area contributed by atoms with Gasteiger partial charge in [-0.25, -0.2) is 0 Å². The minimum absolute atomic E-state index is 0.501. The fourth-order valence-corrected chi connectivity index (χ4v) is 8.63. The van der Waals surface area contributed by atoms with Gasteiger partial charge in [0.1, 0.15) is 11.2 Å². The van der Waals surface area contributed by atoms with Gasteiger partial charge in [-0.2, -0.15) is 0 Å². The Morgan fingerprint density at radius 1 is 0.561 bits per heavy atom. The van der Waals surface area contributed by atoms with Gasteiger partial charge in [0.25, 0.3) is 0 Å². The third-order valence-electron chi connectivity index (χ3n) is 11.4. The van der Waals surface area contributed by atoms with Gasteiger partial charge in [-0.1, -0.05) is 194 Å². The van der Waals surface area contributed by atoms with Crippen LogP contribution in [0.5, 0.6) is 0 Å². The first-order chi connectivity index (χ1) is 28.1. The fourth-order valence-electron chi connectivity index (χ4n) is 8.63. The van der Waals surface area contributed by atoms with E-state index in [1.807, 2.05) is 18.2 Å². The Labute approximate surface area is 335 Å². The summed E-state index contributed by atoms with van der Waals surface area (Å²) in [5.41, 5.74) is 13.3. The summed E-state index contributed by atoms with van der Waals surface area (Å²) >= 11 is 0. The van der Waals surface area contributed by atoms with Gasteiger partial charge in [-0.3, -0.25) is 0 Å². The van der Waals surface area contributed by atoms with Gasteiger partial charge in [-0.15, -0.1) is 0 Å². The zero-order chi connectivity index (χ0) is 38.8. The highest BCUT2D eigenvalue weighted by molar-refractivity contribution is 6.12. The maximum Gasteiger partial charge on any atom is 0.143 e. The van der Waals surface area contributed by atoms with Crippen molar-refractivity contribution < 1.29 is 4.42 Å². The molecule has 0 fully saturated rings. The lowest BCUT2D eigenvalue weighted by Crippen LogP contribution is -2.28. The SMILES string of the molecule is C=C/C=C\C=C(/C)C1(c2ccccc2)c2ccc(N(C)c3ccc(-c4ccccc4)cc3)cc2-c2c1ccc1c2oc2ccccc21.c1ccc2ccccc2c1. The molecule has 0 N–H and O–H groups in total. The van der Waals surface area contributed by atoms with Gasteiger partial charge in [0.15, 0.2) is 0 Å². The van der Waals surface area contributed by atoms with Gasteiger partial charge in [-0.05, 0) is 81.4 Å². The predicted octanol–water partition coefficient (Wildman–Crippen LogP) is 14.9. The monoisotopic (exact) mass is 733 g/mol. The van der Waals surface area contributed by atoms with Gasteiger partial charge in [0.2, 0.25) is 0 Å². The molecule has 9 aromatic rings. The van der Waals surface area contributed by atoms with Crippen LogP contribution >= 0.6 is 0 Å². The zero-order valence-corrected chi connectivity index (χ0v) is 32.3. The summed E-state index contributed by atoms with van der Waals surface area (Å²) in [4.78, 5) is 2.27. The number of benzene rings is 8. The molecule has 0 aliphatic heterocycles. The van der Waals surface area contributed by atoms with Crippen LogP contribution < -0.4 is 4.90 Å². The van der Waals surface area contributed by atoms with Crippen LogP contribution in [0.15, 0.2) is 229 Å². The van der Waals surface area contributed by atoms with Gasteiger partial charge < -0.3 is 9.32 Å². The van der Waals surface area contributed by atoms with E-state index in [9.17, 15) is 0 Å². The van der Waals surface area contributed by atoms with Crippen molar-refractivity contribution in [2.24, 2.45) is 0 Å². The Morgan fingerprint density at radius 2 is 1.14 bits per heavy atom. The molecule has 1 heterocycles. The van der Waals surface area contributed by atoms with Crippen LogP contribution in [0.2, 0.25) is 0 Å². The minimum Gasteiger partial charge on any atom is -0.455 e. The lowest BCUT2D eigenvalue weighted by molar-refractivity contribution is 0.668. The van der Waals surface area contributed by atoms with Crippen molar-refractivity contribution in [3.8, 4) is 22.3 Å². The number of hydrogen-bond acceptors (Lipinski definition) is 2. The van der Waals surface area contributed by atoms with E-state index in [1.165, 1.54) is 49.7 Å². The molecular formula is C55H43NO. The average Bonchev–Trinajstić information content (AvgIpc) is 3.81. The van der Waals surface area contributed by atoms with Crippen LogP contribution in [0, 0.1) is 0 Å². The standard InChI is InChI=1S/C45H35NO.C10H8/c1-4-5-8-15-31(2)45(34-18-11-7-12-19-34)40-28-26-36(46(3)35-24-22-33(23-25-35)32-16-9-6-10-17-32)30-39(40)43-41(45)29-27-38-37-20-13-14-21-42(37)47-44(38)43;1-2-6-10-8-4-3-7-9(10)5-1/h4-30H,1H2,2-3H3;1-8H/b8-5-,31-15+;. The smallest absolute Gasteiger partial charge is 0.143 e. The van der Waals surface area contributed by atoms with E-state index in [0.717, 1.165) is 38.9 Å². The van der Waals surface area contributed by atoms with Crippen molar-refractivity contribution >= 4 is 44.1 Å². The van der Waals surface area contributed by atoms with E-state index < -0.39 is 5.41 Å². The van der Waals surface area contributed by atoms with E-state index in [1.54, 1.807) is 0 Å². The van der Waals surface area contributed by atoms with Crippen molar-refractivity contribution in [2.45, 2.75) is 12.3 Å². The topological polar surface area (TPSA) is 16.4 Å². The summed E-state index contributed by atoms with van der Waals surface area (Å²) in [6, 6.07) is 66.8. The molecular weight excluding hydrogens is 691 g/mol. The van der Waals surface area contributed by atoms with Crippen molar-refractivity contribution in [3.05, 3.63) is 241 Å². The van der Waals surface area contributed by atoms with Gasteiger partial charge >= 0.3 is 0 Å². The van der Waals surface area contributed by atoms with E-state index in [4.69, 9.17) is 4.42 Å². The average molecular weight is 734 g/mol. The summed E-state index contributed by atoms with van der Waals surface area (Å²) in [6.45, 7) is 6.14. The van der Waals surface area contributed by atoms with Crippen LogP contribution in [0.1, 0.15) is 23.6 Å². The molecule has 1 unspecified atom stereocenters. The Kier molecular flexibility index (Phi) is 9.46. The number of para-hydroxylation sites is 1. The molecule has 0 amide bonds. The Balaban J connectivity index is 0.000000366. The first-order valence-electron chi connectivity index (χ1n) is 19.5. The Morgan fingerprint density at radius 3 is 1.82 bits per heavy atom. The number of furan rings is 1. The Bertz CT molecular complexity index is 2870. The molecule has 1 aliphatic carbocycles. The number of nitrogens with zero attached hydrogens (tertiary/aromatic N) is 1. The molecule has 57 heavy (non-hydrogen) atoms. The molecule has 1 atom stereocenters. The van der Waals surface area contributed by atoms with Crippen LogP contribution in [0.25, 0.3) is 55.0 Å². The molecule has 0 spiro atoms. The maximum atomic E-state index is 6.74. The predicted molar refractivity (Wildman–Crippen MR) is 242 cm³/mol. The van der Waals surface area contributed by atoms with E-state index in [2.05, 4.69) is 220 Å². The third-order valence-corrected chi connectivity index (χ3v) is 11.4. The molecule has 1 aromatic heterocycles. The van der Waals surface area contributed by atoms with E-state index in [-0.39, 0.29) is 0 Å². The quantitative estimate of drug-likeness (QED) is 0.152. The van der Waals surface area contributed by atoms with Crippen LogP contribution in [-0.4, -0.2) is 7.05 Å². The van der Waals surface area contributed by atoms with Crippen molar-refractivity contribution in [1.82, 2.24) is 0 Å². The highest BCUT2D eigenvalue weighted by Gasteiger charge is 2.47. The number of hydrogen-bond donors (Lipinski definition) is 0. The fraction of sp³-hybridized carbons (Fsp3) is 0.0545.